The molecule has 0 spiro atoms. The van der Waals surface area contributed by atoms with Gasteiger partial charge in [-0.3, -0.25) is 0 Å². The van der Waals surface area contributed by atoms with Crippen molar-refractivity contribution in [2.24, 2.45) is 0 Å². The Bertz CT molecular complexity index is 640. The molecule has 0 bridgehead atoms. The topological polar surface area (TPSA) is 42.2 Å². The van der Waals surface area contributed by atoms with Crippen molar-refractivity contribution < 1.29 is 18.3 Å². The molecule has 0 saturated heterocycles. The summed E-state index contributed by atoms with van der Waals surface area (Å²) in [5, 5.41) is 8.63. The van der Waals surface area contributed by atoms with Crippen molar-refractivity contribution in [1.29, 1.82) is 5.26 Å². The Morgan fingerprint density at radius 2 is 1.62 bits per heavy atom. The van der Waals surface area contributed by atoms with Crippen LogP contribution in [-0.2, 0) is 0 Å². The number of nitrogens with zero attached hydrogens (tertiary/aromatic N) is 1. The Morgan fingerprint density at radius 1 is 1.05 bits per heavy atom. The summed E-state index contributed by atoms with van der Waals surface area (Å²) in [5.74, 6) is -1.43. The summed E-state index contributed by atoms with van der Waals surface area (Å²) in [6, 6.07) is 9.96. The van der Waals surface area contributed by atoms with E-state index in [1.54, 1.807) is 30.3 Å². The lowest BCUT2D eigenvalue weighted by molar-refractivity contribution is 0.317. The number of rotatable bonds is 5. The van der Waals surface area contributed by atoms with Crippen molar-refractivity contribution in [3.63, 3.8) is 0 Å². The van der Waals surface area contributed by atoms with E-state index in [9.17, 15) is 8.78 Å². The molecule has 0 aliphatic heterocycles. The van der Waals surface area contributed by atoms with Crippen LogP contribution in [0.25, 0.3) is 0 Å². The summed E-state index contributed by atoms with van der Waals surface area (Å²) in [5.41, 5.74) is -0.0966. The van der Waals surface area contributed by atoms with Crippen LogP contribution in [0.1, 0.15) is 18.9 Å². The molecule has 2 aromatic rings. The van der Waals surface area contributed by atoms with Gasteiger partial charge in [-0.25, -0.2) is 8.78 Å². The minimum Gasteiger partial charge on any atom is -0.494 e. The molecular formula is C16H13F2NO2. The van der Waals surface area contributed by atoms with Crippen LogP contribution in [0.15, 0.2) is 36.4 Å². The fraction of sp³-hybridized carbons (Fsp3) is 0.188. The molecule has 108 valence electrons. The summed E-state index contributed by atoms with van der Waals surface area (Å²) in [6.45, 7) is 2.59. The summed E-state index contributed by atoms with van der Waals surface area (Å²) in [4.78, 5) is 0. The van der Waals surface area contributed by atoms with Gasteiger partial charge in [0.1, 0.15) is 11.5 Å². The number of ether oxygens (including phenoxy) is 2. The summed E-state index contributed by atoms with van der Waals surface area (Å²) in [7, 11) is 0. The molecule has 0 heterocycles. The van der Waals surface area contributed by atoms with Gasteiger partial charge in [-0.05, 0) is 42.8 Å². The lowest BCUT2D eigenvalue weighted by Crippen LogP contribution is -1.96. The van der Waals surface area contributed by atoms with Gasteiger partial charge in [-0.2, -0.15) is 5.26 Å². The summed E-state index contributed by atoms with van der Waals surface area (Å²) in [6.07, 6.45) is 0.889. The number of nitriles is 1. The molecule has 0 amide bonds. The van der Waals surface area contributed by atoms with Crippen LogP contribution in [0.3, 0.4) is 0 Å². The average Bonchev–Trinajstić information content (AvgIpc) is 2.49. The van der Waals surface area contributed by atoms with Gasteiger partial charge in [0.05, 0.1) is 18.2 Å². The number of hydrogen-bond acceptors (Lipinski definition) is 3. The van der Waals surface area contributed by atoms with Crippen LogP contribution < -0.4 is 9.47 Å². The van der Waals surface area contributed by atoms with E-state index < -0.39 is 17.4 Å². The largest absolute Gasteiger partial charge is 0.494 e. The van der Waals surface area contributed by atoms with Crippen LogP contribution in [0.2, 0.25) is 0 Å². The molecule has 0 atom stereocenters. The van der Waals surface area contributed by atoms with E-state index in [0.717, 1.165) is 18.6 Å². The van der Waals surface area contributed by atoms with E-state index in [4.69, 9.17) is 14.7 Å². The Morgan fingerprint density at radius 3 is 2.14 bits per heavy atom. The number of hydrogen-bond donors (Lipinski definition) is 0. The zero-order valence-electron chi connectivity index (χ0n) is 11.4. The average molecular weight is 289 g/mol. The first-order chi connectivity index (χ1) is 10.1. The van der Waals surface area contributed by atoms with E-state index in [0.29, 0.717) is 12.4 Å². The van der Waals surface area contributed by atoms with Gasteiger partial charge in [-0.15, -0.1) is 0 Å². The van der Waals surface area contributed by atoms with Crippen molar-refractivity contribution in [2.45, 2.75) is 13.3 Å². The van der Waals surface area contributed by atoms with E-state index in [1.165, 1.54) is 0 Å². The van der Waals surface area contributed by atoms with Crippen LogP contribution in [0.5, 0.6) is 17.2 Å². The Balaban J connectivity index is 2.17. The lowest BCUT2D eigenvalue weighted by atomic mass is 10.2. The van der Waals surface area contributed by atoms with Crippen LogP contribution in [0, 0.1) is 23.0 Å². The molecule has 3 nitrogen and oxygen atoms in total. The van der Waals surface area contributed by atoms with E-state index in [1.807, 2.05) is 6.92 Å². The molecule has 0 radical (unpaired) electrons. The number of halogens is 2. The molecule has 0 fully saturated rings. The highest BCUT2D eigenvalue weighted by Crippen LogP contribution is 2.29. The Kier molecular flexibility index (Phi) is 4.72. The maximum atomic E-state index is 13.7. The third-order valence-corrected chi connectivity index (χ3v) is 2.64. The van der Waals surface area contributed by atoms with Crippen LogP contribution in [-0.4, -0.2) is 6.61 Å². The smallest absolute Gasteiger partial charge is 0.198 e. The zero-order chi connectivity index (χ0) is 15.2. The van der Waals surface area contributed by atoms with E-state index >= 15 is 0 Å². The highest BCUT2D eigenvalue weighted by molar-refractivity contribution is 5.41. The SMILES string of the molecule is CCCOc1ccc(Oc2c(F)cc(C#N)cc2F)cc1. The quantitative estimate of drug-likeness (QED) is 0.818. The molecule has 2 rings (SSSR count). The minimum absolute atomic E-state index is 0.0966. The Hall–Kier alpha value is -2.61. The highest BCUT2D eigenvalue weighted by Gasteiger charge is 2.13. The normalized spacial score (nSPS) is 10.0. The maximum absolute atomic E-state index is 13.7. The van der Waals surface area contributed by atoms with Gasteiger partial charge < -0.3 is 9.47 Å². The van der Waals surface area contributed by atoms with Gasteiger partial charge in [0, 0.05) is 0 Å². The molecule has 0 unspecified atom stereocenters. The van der Waals surface area contributed by atoms with E-state index in [2.05, 4.69) is 0 Å². The van der Waals surface area contributed by atoms with Gasteiger partial charge in [0.25, 0.3) is 0 Å². The molecule has 0 aliphatic rings. The molecule has 21 heavy (non-hydrogen) atoms. The van der Waals surface area contributed by atoms with Crippen molar-refractivity contribution in [2.75, 3.05) is 6.61 Å². The molecule has 2 aromatic carbocycles. The third kappa shape index (κ3) is 3.69. The maximum Gasteiger partial charge on any atom is 0.198 e. The van der Waals surface area contributed by atoms with Crippen molar-refractivity contribution in [1.82, 2.24) is 0 Å². The zero-order valence-corrected chi connectivity index (χ0v) is 11.4. The number of benzene rings is 2. The van der Waals surface area contributed by atoms with Gasteiger partial charge in [0.2, 0.25) is 0 Å². The summed E-state index contributed by atoms with van der Waals surface area (Å²) >= 11 is 0. The fourth-order valence-corrected chi connectivity index (χ4v) is 1.66. The fourth-order valence-electron chi connectivity index (χ4n) is 1.66. The van der Waals surface area contributed by atoms with Gasteiger partial charge >= 0.3 is 0 Å². The second-order valence-corrected chi connectivity index (χ2v) is 4.30. The second-order valence-electron chi connectivity index (χ2n) is 4.30. The molecular weight excluding hydrogens is 276 g/mol. The monoisotopic (exact) mass is 289 g/mol. The van der Waals surface area contributed by atoms with Crippen molar-refractivity contribution in [3.05, 3.63) is 53.6 Å². The lowest BCUT2D eigenvalue weighted by Gasteiger charge is -2.09. The van der Waals surface area contributed by atoms with Gasteiger partial charge in [-0.1, -0.05) is 6.92 Å². The molecule has 5 heteroatoms. The Labute approximate surface area is 121 Å². The predicted molar refractivity (Wildman–Crippen MR) is 73.4 cm³/mol. The molecule has 0 saturated carbocycles. The molecule has 0 aliphatic carbocycles. The van der Waals surface area contributed by atoms with Crippen LogP contribution in [0.4, 0.5) is 8.78 Å². The van der Waals surface area contributed by atoms with E-state index in [-0.39, 0.29) is 11.3 Å². The first kappa shape index (κ1) is 14.8. The third-order valence-electron chi connectivity index (χ3n) is 2.64. The minimum atomic E-state index is -0.919. The van der Waals surface area contributed by atoms with Crippen molar-refractivity contribution in [3.8, 4) is 23.3 Å². The first-order valence-corrected chi connectivity index (χ1v) is 6.44. The predicted octanol–water partition coefficient (Wildman–Crippen LogP) is 4.42. The van der Waals surface area contributed by atoms with Crippen LogP contribution >= 0.6 is 0 Å². The van der Waals surface area contributed by atoms with Gasteiger partial charge in [0.15, 0.2) is 17.4 Å². The first-order valence-electron chi connectivity index (χ1n) is 6.44. The summed E-state index contributed by atoms with van der Waals surface area (Å²) < 4.78 is 38.0. The molecule has 0 aromatic heterocycles. The van der Waals surface area contributed by atoms with Crippen molar-refractivity contribution >= 4 is 0 Å². The standard InChI is InChI=1S/C16H13F2NO2/c1-2-7-20-12-3-5-13(6-4-12)21-16-14(17)8-11(10-19)9-15(16)18/h3-6,8-9H,2,7H2,1H3. The highest BCUT2D eigenvalue weighted by atomic mass is 19.1. The second kappa shape index (κ2) is 6.71. The molecule has 0 N–H and O–H groups in total.